The molecule has 0 unspecified atom stereocenters. The summed E-state index contributed by atoms with van der Waals surface area (Å²) in [5, 5.41) is 2.29. The van der Waals surface area contributed by atoms with Crippen LogP contribution in [-0.4, -0.2) is 30.2 Å². The van der Waals surface area contributed by atoms with Crippen LogP contribution in [0.4, 0.5) is 0 Å². The third-order valence-electron chi connectivity index (χ3n) is 4.99. The number of carbonyl (C=O) groups is 4. The molecule has 1 aromatic rings. The maximum absolute atomic E-state index is 12.1. The summed E-state index contributed by atoms with van der Waals surface area (Å²) in [5.41, 5.74) is 2.67. The molecule has 0 radical (unpaired) electrons. The number of Topliss-reactive ketones (excluding diaryl/α,β-unsaturated/α-hetero) is 1. The second kappa shape index (κ2) is 10.00. The van der Waals surface area contributed by atoms with Crippen molar-refractivity contribution in [3.8, 4) is 0 Å². The molecule has 1 saturated carbocycles. The SMILES string of the molecule is Cc1ccc(C(=O)CCC(=O)OCC(=O)NC(=O)C2CCCCC2)cc1C. The molecule has 1 aliphatic rings. The Labute approximate surface area is 159 Å². The third-order valence-corrected chi connectivity index (χ3v) is 4.99. The molecule has 0 atom stereocenters. The lowest BCUT2D eigenvalue weighted by molar-refractivity contribution is -0.150. The Morgan fingerprint density at radius 2 is 1.70 bits per heavy atom. The average molecular weight is 373 g/mol. The van der Waals surface area contributed by atoms with Crippen LogP contribution in [0.1, 0.15) is 66.4 Å². The number of hydrogen-bond donors (Lipinski definition) is 1. The van der Waals surface area contributed by atoms with E-state index in [0.717, 1.165) is 43.2 Å². The fraction of sp³-hybridized carbons (Fsp3) is 0.524. The minimum Gasteiger partial charge on any atom is -0.456 e. The molecule has 6 heteroatoms. The first-order valence-corrected chi connectivity index (χ1v) is 9.46. The van der Waals surface area contributed by atoms with Gasteiger partial charge in [0.15, 0.2) is 12.4 Å². The van der Waals surface area contributed by atoms with E-state index in [1.165, 1.54) is 0 Å². The summed E-state index contributed by atoms with van der Waals surface area (Å²) >= 11 is 0. The van der Waals surface area contributed by atoms with Gasteiger partial charge in [-0.05, 0) is 43.9 Å². The number of hydrogen-bond acceptors (Lipinski definition) is 5. The second-order valence-corrected chi connectivity index (χ2v) is 7.13. The van der Waals surface area contributed by atoms with E-state index in [4.69, 9.17) is 4.74 Å². The minimum absolute atomic E-state index is 0.0178. The Bertz CT molecular complexity index is 719. The highest BCUT2D eigenvalue weighted by Gasteiger charge is 2.23. The molecule has 1 fully saturated rings. The van der Waals surface area contributed by atoms with Crippen molar-refractivity contribution >= 4 is 23.6 Å². The van der Waals surface area contributed by atoms with Gasteiger partial charge in [0.25, 0.3) is 5.91 Å². The van der Waals surface area contributed by atoms with E-state index in [1.54, 1.807) is 12.1 Å². The quantitative estimate of drug-likeness (QED) is 0.586. The normalized spacial score (nSPS) is 14.4. The number of ketones is 1. The molecule has 1 aliphatic carbocycles. The molecule has 0 saturated heterocycles. The monoisotopic (exact) mass is 373 g/mol. The summed E-state index contributed by atoms with van der Waals surface area (Å²) in [6, 6.07) is 5.40. The lowest BCUT2D eigenvalue weighted by Gasteiger charge is -2.20. The average Bonchev–Trinajstić information content (AvgIpc) is 2.67. The standard InChI is InChI=1S/C21H27NO5/c1-14-8-9-17(12-15(14)2)18(23)10-11-20(25)27-13-19(24)22-21(26)16-6-4-3-5-7-16/h8-9,12,16H,3-7,10-11,13H2,1-2H3,(H,22,24,26). The van der Waals surface area contributed by atoms with Crippen LogP contribution < -0.4 is 5.32 Å². The highest BCUT2D eigenvalue weighted by Crippen LogP contribution is 2.23. The van der Waals surface area contributed by atoms with Gasteiger partial charge in [0, 0.05) is 17.9 Å². The molecular weight excluding hydrogens is 346 g/mol. The summed E-state index contributed by atoms with van der Waals surface area (Å²) in [7, 11) is 0. The molecule has 0 bridgehead atoms. The summed E-state index contributed by atoms with van der Waals surface area (Å²) in [6.45, 7) is 3.38. The number of carbonyl (C=O) groups excluding carboxylic acids is 4. The van der Waals surface area contributed by atoms with Gasteiger partial charge in [0.1, 0.15) is 0 Å². The van der Waals surface area contributed by atoms with Crippen LogP contribution in [0.2, 0.25) is 0 Å². The number of esters is 1. The number of ether oxygens (including phenoxy) is 1. The highest BCUT2D eigenvalue weighted by molar-refractivity contribution is 5.99. The molecule has 6 nitrogen and oxygen atoms in total. The van der Waals surface area contributed by atoms with Crippen molar-refractivity contribution in [1.29, 1.82) is 0 Å². The van der Waals surface area contributed by atoms with E-state index in [-0.39, 0.29) is 30.4 Å². The van der Waals surface area contributed by atoms with Crippen molar-refractivity contribution in [1.82, 2.24) is 5.32 Å². The van der Waals surface area contributed by atoms with Gasteiger partial charge >= 0.3 is 5.97 Å². The lowest BCUT2D eigenvalue weighted by Crippen LogP contribution is -2.38. The number of rotatable bonds is 7. The fourth-order valence-electron chi connectivity index (χ4n) is 3.13. The Morgan fingerprint density at radius 3 is 2.37 bits per heavy atom. The van der Waals surface area contributed by atoms with E-state index in [0.29, 0.717) is 5.56 Å². The van der Waals surface area contributed by atoms with E-state index in [2.05, 4.69) is 5.32 Å². The molecule has 1 aromatic carbocycles. The first kappa shape index (κ1) is 20.8. The van der Waals surface area contributed by atoms with Crippen LogP contribution in [0.25, 0.3) is 0 Å². The van der Waals surface area contributed by atoms with Crippen LogP contribution in [-0.2, 0) is 19.1 Å². The van der Waals surface area contributed by atoms with E-state index >= 15 is 0 Å². The van der Waals surface area contributed by atoms with Gasteiger partial charge < -0.3 is 4.74 Å². The predicted octanol–water partition coefficient (Wildman–Crippen LogP) is 3.03. The Kier molecular flexibility index (Phi) is 7.70. The molecule has 2 amide bonds. The van der Waals surface area contributed by atoms with Gasteiger partial charge in [-0.2, -0.15) is 0 Å². The van der Waals surface area contributed by atoms with Gasteiger partial charge in [0.05, 0.1) is 6.42 Å². The smallest absolute Gasteiger partial charge is 0.306 e. The molecule has 0 spiro atoms. The third kappa shape index (κ3) is 6.62. The largest absolute Gasteiger partial charge is 0.456 e. The molecule has 0 heterocycles. The second-order valence-electron chi connectivity index (χ2n) is 7.13. The summed E-state index contributed by atoms with van der Waals surface area (Å²) in [5.74, 6) is -1.83. The molecular formula is C21H27NO5. The summed E-state index contributed by atoms with van der Waals surface area (Å²) in [4.78, 5) is 47.6. The fourth-order valence-corrected chi connectivity index (χ4v) is 3.13. The minimum atomic E-state index is -0.632. The van der Waals surface area contributed by atoms with Crippen LogP contribution >= 0.6 is 0 Å². The van der Waals surface area contributed by atoms with Gasteiger partial charge in [-0.15, -0.1) is 0 Å². The number of aryl methyl sites for hydroxylation is 2. The van der Waals surface area contributed by atoms with Crippen LogP contribution in [0.15, 0.2) is 18.2 Å². The van der Waals surface area contributed by atoms with Gasteiger partial charge in [-0.25, -0.2) is 0 Å². The first-order chi connectivity index (χ1) is 12.9. The Balaban J connectivity index is 1.69. The van der Waals surface area contributed by atoms with Crippen molar-refractivity contribution in [2.24, 2.45) is 5.92 Å². The molecule has 2 rings (SSSR count). The topological polar surface area (TPSA) is 89.5 Å². The zero-order valence-electron chi connectivity index (χ0n) is 16.0. The molecule has 0 aliphatic heterocycles. The first-order valence-electron chi connectivity index (χ1n) is 9.46. The van der Waals surface area contributed by atoms with Crippen LogP contribution in [0, 0.1) is 19.8 Å². The molecule has 146 valence electrons. The van der Waals surface area contributed by atoms with Crippen LogP contribution in [0.3, 0.4) is 0 Å². The van der Waals surface area contributed by atoms with E-state index < -0.39 is 18.5 Å². The number of benzene rings is 1. The van der Waals surface area contributed by atoms with Gasteiger partial charge in [0.2, 0.25) is 5.91 Å². The zero-order chi connectivity index (χ0) is 19.8. The van der Waals surface area contributed by atoms with E-state index in [1.807, 2.05) is 19.9 Å². The Hall–Kier alpha value is -2.50. The highest BCUT2D eigenvalue weighted by atomic mass is 16.5. The van der Waals surface area contributed by atoms with Crippen molar-refractivity contribution in [3.05, 3.63) is 34.9 Å². The van der Waals surface area contributed by atoms with Crippen molar-refractivity contribution in [3.63, 3.8) is 0 Å². The Morgan fingerprint density at radius 1 is 1.00 bits per heavy atom. The molecule has 0 aromatic heterocycles. The summed E-state index contributed by atoms with van der Waals surface area (Å²) < 4.78 is 4.87. The van der Waals surface area contributed by atoms with Crippen molar-refractivity contribution in [2.45, 2.75) is 58.8 Å². The van der Waals surface area contributed by atoms with Crippen LogP contribution in [0.5, 0.6) is 0 Å². The zero-order valence-corrected chi connectivity index (χ0v) is 16.0. The van der Waals surface area contributed by atoms with E-state index in [9.17, 15) is 19.2 Å². The van der Waals surface area contributed by atoms with Crippen molar-refractivity contribution in [2.75, 3.05) is 6.61 Å². The van der Waals surface area contributed by atoms with Crippen molar-refractivity contribution < 1.29 is 23.9 Å². The predicted molar refractivity (Wildman–Crippen MR) is 100 cm³/mol. The van der Waals surface area contributed by atoms with Gasteiger partial charge in [-0.3, -0.25) is 24.5 Å². The maximum Gasteiger partial charge on any atom is 0.306 e. The molecule has 1 N–H and O–H groups in total. The number of nitrogens with one attached hydrogen (secondary N) is 1. The maximum atomic E-state index is 12.1. The lowest BCUT2D eigenvalue weighted by atomic mass is 9.89. The molecule has 27 heavy (non-hydrogen) atoms. The number of imide groups is 1. The summed E-state index contributed by atoms with van der Waals surface area (Å²) in [6.07, 6.45) is 4.61. The number of amides is 2. The van der Waals surface area contributed by atoms with Gasteiger partial charge in [-0.1, -0.05) is 31.4 Å².